The van der Waals surface area contributed by atoms with Crippen LogP contribution in [0.15, 0.2) is 10.3 Å². The van der Waals surface area contributed by atoms with Gasteiger partial charge in [0.15, 0.2) is 0 Å². The average Bonchev–Trinajstić information content (AvgIpc) is 2.10. The zero-order chi connectivity index (χ0) is 9.84. The summed E-state index contributed by atoms with van der Waals surface area (Å²) in [7, 11) is 0. The van der Waals surface area contributed by atoms with Gasteiger partial charge < -0.3 is 4.74 Å². The summed E-state index contributed by atoms with van der Waals surface area (Å²) in [4.78, 5) is 32.6. The molecule has 0 bridgehead atoms. The molecule has 1 unspecified atom stereocenters. The Morgan fingerprint density at radius 3 is 2.92 bits per heavy atom. The minimum absolute atomic E-state index is 0.125. The Balaban J connectivity index is 2.74. The molecule has 0 aromatic carbocycles. The molecule has 7 nitrogen and oxygen atoms in total. The number of hydrogen-bond donors (Lipinski definition) is 1. The van der Waals surface area contributed by atoms with Gasteiger partial charge in [0.1, 0.15) is 0 Å². The summed E-state index contributed by atoms with van der Waals surface area (Å²) in [6.07, 6.45) is 0. The van der Waals surface area contributed by atoms with Crippen LogP contribution in [0.25, 0.3) is 0 Å². The molecular formula is C6H7N3O4. The Morgan fingerprint density at radius 2 is 2.31 bits per heavy atom. The van der Waals surface area contributed by atoms with Crippen molar-refractivity contribution in [1.29, 1.82) is 0 Å². The number of hydrogen-bond acceptors (Lipinski definition) is 6. The third-order valence-electron chi connectivity index (χ3n) is 1.31. The SMILES string of the molecule is CCOC(=O)C1N=NNC(=O)C1=O. The highest BCUT2D eigenvalue weighted by molar-refractivity contribution is 6.42. The molecule has 0 aliphatic carbocycles. The quantitative estimate of drug-likeness (QED) is 0.338. The van der Waals surface area contributed by atoms with Crippen molar-refractivity contribution in [3.8, 4) is 0 Å². The molecule has 1 rings (SSSR count). The van der Waals surface area contributed by atoms with Crippen molar-refractivity contribution in [3.63, 3.8) is 0 Å². The summed E-state index contributed by atoms with van der Waals surface area (Å²) in [6.45, 7) is 1.71. The lowest BCUT2D eigenvalue weighted by Crippen LogP contribution is -2.43. The molecule has 1 amide bonds. The van der Waals surface area contributed by atoms with Gasteiger partial charge in [-0.15, -0.1) is 5.11 Å². The highest BCUT2D eigenvalue weighted by Gasteiger charge is 2.35. The number of rotatable bonds is 2. The largest absolute Gasteiger partial charge is 0.464 e. The van der Waals surface area contributed by atoms with E-state index in [9.17, 15) is 14.4 Å². The van der Waals surface area contributed by atoms with Crippen molar-refractivity contribution < 1.29 is 19.1 Å². The maximum atomic E-state index is 11.0. The number of esters is 1. The Hall–Kier alpha value is -1.79. The van der Waals surface area contributed by atoms with E-state index in [4.69, 9.17) is 0 Å². The molecule has 0 saturated heterocycles. The first-order chi connectivity index (χ1) is 6.16. The molecule has 1 aliphatic heterocycles. The van der Waals surface area contributed by atoms with E-state index >= 15 is 0 Å². The second-order valence-electron chi connectivity index (χ2n) is 2.18. The number of nitrogens with zero attached hydrogens (tertiary/aromatic N) is 2. The molecular weight excluding hydrogens is 178 g/mol. The van der Waals surface area contributed by atoms with Crippen molar-refractivity contribution in [1.82, 2.24) is 5.43 Å². The Labute approximate surface area is 73.1 Å². The molecule has 0 aromatic heterocycles. The standard InChI is InChI=1S/C6H7N3O4/c1-2-13-6(12)3-4(10)5(11)8-9-7-3/h3H,2H2,1H3,(H,7,8,11). The smallest absolute Gasteiger partial charge is 0.341 e. The summed E-state index contributed by atoms with van der Waals surface area (Å²) in [6, 6.07) is -1.44. The highest BCUT2D eigenvalue weighted by Crippen LogP contribution is 2.02. The number of Topliss-reactive ketones (excluding diaryl/α,β-unsaturated/α-hetero) is 1. The van der Waals surface area contributed by atoms with E-state index in [2.05, 4.69) is 15.1 Å². The van der Waals surface area contributed by atoms with Gasteiger partial charge in [-0.25, -0.2) is 10.2 Å². The number of carbonyl (C=O) groups is 3. The van der Waals surface area contributed by atoms with Crippen molar-refractivity contribution in [2.24, 2.45) is 10.3 Å². The van der Waals surface area contributed by atoms with Crippen LogP contribution in [0.5, 0.6) is 0 Å². The Bertz CT molecular complexity index is 286. The van der Waals surface area contributed by atoms with Crippen LogP contribution in [0.3, 0.4) is 0 Å². The van der Waals surface area contributed by atoms with Crippen molar-refractivity contribution in [2.75, 3.05) is 6.61 Å². The van der Waals surface area contributed by atoms with Crippen LogP contribution < -0.4 is 5.43 Å². The number of carbonyl (C=O) groups excluding carboxylic acids is 3. The van der Waals surface area contributed by atoms with Gasteiger partial charge in [-0.05, 0) is 6.92 Å². The summed E-state index contributed by atoms with van der Waals surface area (Å²) in [5.74, 6) is -2.76. The first-order valence-corrected chi connectivity index (χ1v) is 3.57. The topological polar surface area (TPSA) is 97.2 Å². The maximum absolute atomic E-state index is 11.0. The molecule has 7 heteroatoms. The molecule has 1 heterocycles. The van der Waals surface area contributed by atoms with Gasteiger partial charge in [0, 0.05) is 0 Å². The van der Waals surface area contributed by atoms with Crippen molar-refractivity contribution in [3.05, 3.63) is 0 Å². The summed E-state index contributed by atoms with van der Waals surface area (Å²) in [5, 5.41) is 6.35. The molecule has 0 radical (unpaired) electrons. The average molecular weight is 185 g/mol. The van der Waals surface area contributed by atoms with E-state index in [1.54, 1.807) is 6.92 Å². The summed E-state index contributed by atoms with van der Waals surface area (Å²) < 4.78 is 4.51. The molecule has 1 N–H and O–H groups in total. The first-order valence-electron chi connectivity index (χ1n) is 3.57. The first kappa shape index (κ1) is 9.30. The van der Waals surface area contributed by atoms with Gasteiger partial charge in [0.2, 0.25) is 6.04 Å². The van der Waals surface area contributed by atoms with Crippen LogP contribution in [0.4, 0.5) is 0 Å². The van der Waals surface area contributed by atoms with Gasteiger partial charge in [-0.3, -0.25) is 9.59 Å². The number of ketones is 1. The van der Waals surface area contributed by atoms with Gasteiger partial charge >= 0.3 is 11.9 Å². The monoisotopic (exact) mass is 185 g/mol. The van der Waals surface area contributed by atoms with Crippen molar-refractivity contribution >= 4 is 17.7 Å². The van der Waals surface area contributed by atoms with E-state index in [1.807, 2.05) is 5.43 Å². The fraction of sp³-hybridized carbons (Fsp3) is 0.500. The Morgan fingerprint density at radius 1 is 1.62 bits per heavy atom. The lowest BCUT2D eigenvalue weighted by Gasteiger charge is -2.10. The molecule has 1 atom stereocenters. The van der Waals surface area contributed by atoms with Gasteiger partial charge in [0.05, 0.1) is 6.61 Å². The lowest BCUT2D eigenvalue weighted by molar-refractivity contribution is -0.152. The molecule has 0 saturated carbocycles. The van der Waals surface area contributed by atoms with Gasteiger partial charge in [-0.2, -0.15) is 0 Å². The van der Waals surface area contributed by atoms with Crippen molar-refractivity contribution in [2.45, 2.75) is 13.0 Å². The third kappa shape index (κ3) is 1.86. The molecule has 0 aromatic rings. The minimum Gasteiger partial charge on any atom is -0.464 e. The summed E-state index contributed by atoms with van der Waals surface area (Å²) in [5.41, 5.74) is 1.82. The predicted octanol–water partition coefficient (Wildman–Crippen LogP) is -1.02. The van der Waals surface area contributed by atoms with E-state index in [0.29, 0.717) is 0 Å². The second kappa shape index (κ2) is 3.74. The predicted molar refractivity (Wildman–Crippen MR) is 38.4 cm³/mol. The fourth-order valence-corrected chi connectivity index (χ4v) is 0.739. The fourth-order valence-electron chi connectivity index (χ4n) is 0.739. The van der Waals surface area contributed by atoms with Crippen LogP contribution in [0.2, 0.25) is 0 Å². The maximum Gasteiger partial charge on any atom is 0.341 e. The van der Waals surface area contributed by atoms with Crippen LogP contribution in [-0.4, -0.2) is 30.3 Å². The molecule has 13 heavy (non-hydrogen) atoms. The lowest BCUT2D eigenvalue weighted by atomic mass is 10.2. The van der Waals surface area contributed by atoms with Crippen LogP contribution in [-0.2, 0) is 19.1 Å². The zero-order valence-electron chi connectivity index (χ0n) is 6.81. The van der Waals surface area contributed by atoms with Crippen LogP contribution in [0, 0.1) is 0 Å². The van der Waals surface area contributed by atoms with Gasteiger partial charge in [0.25, 0.3) is 5.78 Å². The number of nitrogens with one attached hydrogen (secondary N) is 1. The number of ether oxygens (including phenoxy) is 1. The van der Waals surface area contributed by atoms with Crippen LogP contribution >= 0.6 is 0 Å². The van der Waals surface area contributed by atoms with Crippen LogP contribution in [0.1, 0.15) is 6.92 Å². The molecule has 0 spiro atoms. The van der Waals surface area contributed by atoms with Gasteiger partial charge in [-0.1, -0.05) is 5.22 Å². The van der Waals surface area contributed by atoms with E-state index in [0.717, 1.165) is 0 Å². The molecule has 70 valence electrons. The third-order valence-corrected chi connectivity index (χ3v) is 1.31. The summed E-state index contributed by atoms with van der Waals surface area (Å²) >= 11 is 0. The highest BCUT2D eigenvalue weighted by atomic mass is 16.5. The second-order valence-corrected chi connectivity index (χ2v) is 2.18. The molecule has 1 aliphatic rings. The zero-order valence-corrected chi connectivity index (χ0v) is 6.81. The van der Waals surface area contributed by atoms with E-state index in [1.165, 1.54) is 0 Å². The van der Waals surface area contributed by atoms with E-state index < -0.39 is 23.7 Å². The normalized spacial score (nSPS) is 21.2. The number of amides is 1. The molecule has 0 fully saturated rings. The minimum atomic E-state index is -1.44. The Kier molecular flexibility index (Phi) is 2.68. The van der Waals surface area contributed by atoms with E-state index in [-0.39, 0.29) is 6.61 Å².